The average molecular weight is 228 g/mol. The minimum absolute atomic E-state index is 0.246. The zero-order valence-corrected chi connectivity index (χ0v) is 11.2. The van der Waals surface area contributed by atoms with E-state index in [1.165, 1.54) is 13.0 Å². The van der Waals surface area contributed by atoms with Crippen LogP contribution in [0.15, 0.2) is 0 Å². The molecular weight excluding hydrogens is 200 g/mol. The van der Waals surface area contributed by atoms with Crippen molar-refractivity contribution in [2.45, 2.75) is 58.7 Å². The Morgan fingerprint density at radius 2 is 2.06 bits per heavy atom. The van der Waals surface area contributed by atoms with Gasteiger partial charge < -0.3 is 15.3 Å². The summed E-state index contributed by atoms with van der Waals surface area (Å²) in [7, 11) is 0. The van der Waals surface area contributed by atoms with Crippen molar-refractivity contribution in [1.29, 1.82) is 0 Å². The van der Waals surface area contributed by atoms with Crippen molar-refractivity contribution < 1.29 is 5.11 Å². The van der Waals surface area contributed by atoms with Crippen molar-refractivity contribution >= 4 is 0 Å². The van der Waals surface area contributed by atoms with Gasteiger partial charge in [0.05, 0.1) is 6.61 Å². The summed E-state index contributed by atoms with van der Waals surface area (Å²) in [6.07, 6.45) is 2.37. The van der Waals surface area contributed by atoms with E-state index in [-0.39, 0.29) is 12.6 Å². The fourth-order valence-corrected chi connectivity index (χ4v) is 2.72. The van der Waals surface area contributed by atoms with Crippen molar-refractivity contribution in [2.75, 3.05) is 19.7 Å². The Balaban J connectivity index is 2.26. The van der Waals surface area contributed by atoms with Gasteiger partial charge in [-0.3, -0.25) is 0 Å². The summed E-state index contributed by atoms with van der Waals surface area (Å²) in [5, 5.41) is 12.7. The zero-order valence-electron chi connectivity index (χ0n) is 11.2. The third-order valence-corrected chi connectivity index (χ3v) is 3.47. The smallest absolute Gasteiger partial charge is 0.0585 e. The molecular formula is C13H28N2O. The van der Waals surface area contributed by atoms with Crippen LogP contribution in [0.5, 0.6) is 0 Å². The number of rotatable bonds is 6. The molecule has 0 aromatic rings. The van der Waals surface area contributed by atoms with Crippen molar-refractivity contribution in [2.24, 2.45) is 5.92 Å². The van der Waals surface area contributed by atoms with E-state index in [1.807, 2.05) is 0 Å². The Morgan fingerprint density at radius 3 is 2.50 bits per heavy atom. The second-order valence-electron chi connectivity index (χ2n) is 5.67. The molecule has 16 heavy (non-hydrogen) atoms. The summed E-state index contributed by atoms with van der Waals surface area (Å²) in [6.45, 7) is 11.5. The Morgan fingerprint density at radius 1 is 1.38 bits per heavy atom. The second-order valence-corrected chi connectivity index (χ2v) is 5.67. The molecule has 1 aliphatic heterocycles. The maximum Gasteiger partial charge on any atom is 0.0585 e. The lowest BCUT2D eigenvalue weighted by Crippen LogP contribution is -2.40. The standard InChI is InChI=1S/C13H28N2O/c1-10(2)14-13(9-16)5-6-15-8-11(3)7-12(15)4/h10-14,16H,5-9H2,1-4H3. The van der Waals surface area contributed by atoms with Gasteiger partial charge in [0.25, 0.3) is 0 Å². The van der Waals surface area contributed by atoms with E-state index in [0.29, 0.717) is 12.1 Å². The molecule has 0 aromatic heterocycles. The Labute approximate surface area is 100 Å². The molecule has 0 saturated carbocycles. The highest BCUT2D eigenvalue weighted by Crippen LogP contribution is 2.22. The first-order valence-corrected chi connectivity index (χ1v) is 6.63. The SMILES string of the molecule is CC1CC(C)N(CCC(CO)NC(C)C)C1. The molecule has 1 heterocycles. The summed E-state index contributed by atoms with van der Waals surface area (Å²) in [5.74, 6) is 0.834. The van der Waals surface area contributed by atoms with Crippen LogP contribution in [0.3, 0.4) is 0 Å². The first-order chi connectivity index (χ1) is 7.52. The number of nitrogens with one attached hydrogen (secondary N) is 1. The monoisotopic (exact) mass is 228 g/mol. The minimum atomic E-state index is 0.246. The van der Waals surface area contributed by atoms with Gasteiger partial charge in [-0.2, -0.15) is 0 Å². The maximum absolute atomic E-state index is 9.29. The van der Waals surface area contributed by atoms with E-state index >= 15 is 0 Å². The van der Waals surface area contributed by atoms with Crippen LogP contribution in [-0.4, -0.2) is 47.8 Å². The van der Waals surface area contributed by atoms with Crippen LogP contribution in [0.25, 0.3) is 0 Å². The number of hydrogen-bond donors (Lipinski definition) is 2. The first-order valence-electron chi connectivity index (χ1n) is 6.63. The van der Waals surface area contributed by atoms with Crippen LogP contribution in [0.2, 0.25) is 0 Å². The van der Waals surface area contributed by atoms with Gasteiger partial charge >= 0.3 is 0 Å². The van der Waals surface area contributed by atoms with Crippen molar-refractivity contribution in [3.05, 3.63) is 0 Å². The molecule has 3 heteroatoms. The molecule has 2 N–H and O–H groups in total. The number of aliphatic hydroxyl groups is 1. The van der Waals surface area contributed by atoms with Crippen LogP contribution >= 0.6 is 0 Å². The topological polar surface area (TPSA) is 35.5 Å². The van der Waals surface area contributed by atoms with Crippen LogP contribution in [0.1, 0.15) is 40.5 Å². The summed E-state index contributed by atoms with van der Waals surface area (Å²) in [5.41, 5.74) is 0. The highest BCUT2D eigenvalue weighted by molar-refractivity contribution is 4.81. The molecule has 1 fully saturated rings. The lowest BCUT2D eigenvalue weighted by molar-refractivity contribution is 0.196. The van der Waals surface area contributed by atoms with Gasteiger partial charge in [-0.05, 0) is 32.2 Å². The van der Waals surface area contributed by atoms with Crippen LogP contribution in [0, 0.1) is 5.92 Å². The van der Waals surface area contributed by atoms with E-state index in [0.717, 1.165) is 18.9 Å². The third-order valence-electron chi connectivity index (χ3n) is 3.47. The predicted octanol–water partition coefficient (Wildman–Crippen LogP) is 1.47. The Kier molecular flexibility index (Phi) is 5.73. The minimum Gasteiger partial charge on any atom is -0.395 e. The second kappa shape index (κ2) is 6.58. The van der Waals surface area contributed by atoms with Crippen molar-refractivity contribution in [3.63, 3.8) is 0 Å². The predicted molar refractivity (Wildman–Crippen MR) is 68.6 cm³/mol. The van der Waals surface area contributed by atoms with Gasteiger partial charge in [0, 0.05) is 24.7 Å². The van der Waals surface area contributed by atoms with Gasteiger partial charge in [0.15, 0.2) is 0 Å². The third kappa shape index (κ3) is 4.40. The Hall–Kier alpha value is -0.120. The number of aliphatic hydroxyl groups excluding tert-OH is 1. The summed E-state index contributed by atoms with van der Waals surface area (Å²) >= 11 is 0. The molecule has 1 saturated heterocycles. The van der Waals surface area contributed by atoms with Gasteiger partial charge in [0.2, 0.25) is 0 Å². The first kappa shape index (κ1) is 13.9. The zero-order chi connectivity index (χ0) is 12.1. The van der Waals surface area contributed by atoms with Crippen LogP contribution in [-0.2, 0) is 0 Å². The average Bonchev–Trinajstić information content (AvgIpc) is 2.51. The summed E-state index contributed by atoms with van der Waals surface area (Å²) in [6, 6.07) is 1.42. The molecule has 0 amide bonds. The number of likely N-dealkylation sites (tertiary alicyclic amines) is 1. The molecule has 0 spiro atoms. The van der Waals surface area contributed by atoms with Crippen LogP contribution < -0.4 is 5.32 Å². The maximum atomic E-state index is 9.29. The molecule has 3 atom stereocenters. The molecule has 0 bridgehead atoms. The molecule has 3 nitrogen and oxygen atoms in total. The number of nitrogens with zero attached hydrogens (tertiary/aromatic N) is 1. The van der Waals surface area contributed by atoms with E-state index < -0.39 is 0 Å². The molecule has 0 aliphatic carbocycles. The van der Waals surface area contributed by atoms with E-state index in [1.54, 1.807) is 0 Å². The number of hydrogen-bond acceptors (Lipinski definition) is 3. The van der Waals surface area contributed by atoms with E-state index in [9.17, 15) is 5.11 Å². The highest BCUT2D eigenvalue weighted by Gasteiger charge is 2.26. The fraction of sp³-hybridized carbons (Fsp3) is 1.00. The van der Waals surface area contributed by atoms with Crippen molar-refractivity contribution in [3.8, 4) is 0 Å². The normalized spacial score (nSPS) is 28.9. The van der Waals surface area contributed by atoms with Gasteiger partial charge in [-0.15, -0.1) is 0 Å². The molecule has 0 radical (unpaired) electrons. The highest BCUT2D eigenvalue weighted by atomic mass is 16.3. The molecule has 96 valence electrons. The van der Waals surface area contributed by atoms with E-state index in [4.69, 9.17) is 0 Å². The largest absolute Gasteiger partial charge is 0.395 e. The fourth-order valence-electron chi connectivity index (χ4n) is 2.72. The molecule has 1 aliphatic rings. The Bertz CT molecular complexity index is 196. The molecule has 3 unspecified atom stereocenters. The lowest BCUT2D eigenvalue weighted by atomic mass is 10.1. The van der Waals surface area contributed by atoms with Gasteiger partial charge in [-0.25, -0.2) is 0 Å². The molecule has 0 aromatic carbocycles. The van der Waals surface area contributed by atoms with Gasteiger partial charge in [0.1, 0.15) is 0 Å². The van der Waals surface area contributed by atoms with Crippen LogP contribution in [0.4, 0.5) is 0 Å². The summed E-state index contributed by atoms with van der Waals surface area (Å²) < 4.78 is 0. The lowest BCUT2D eigenvalue weighted by Gasteiger charge is -2.25. The molecule has 1 rings (SSSR count). The van der Waals surface area contributed by atoms with Crippen molar-refractivity contribution in [1.82, 2.24) is 10.2 Å². The van der Waals surface area contributed by atoms with Gasteiger partial charge in [-0.1, -0.05) is 20.8 Å². The van der Waals surface area contributed by atoms with E-state index in [2.05, 4.69) is 37.9 Å². The summed E-state index contributed by atoms with van der Waals surface area (Å²) in [4.78, 5) is 2.55. The quantitative estimate of drug-likeness (QED) is 0.722.